The molecule has 0 unspecified atom stereocenters. The molecule has 25 heavy (non-hydrogen) atoms. The Labute approximate surface area is 152 Å². The Balaban J connectivity index is 1.47. The molecule has 1 amide bonds. The Morgan fingerprint density at radius 1 is 1.12 bits per heavy atom. The molecule has 138 valence electrons. The first-order valence-electron chi connectivity index (χ1n) is 9.88. The number of ether oxygens (including phenoxy) is 1. The molecule has 0 spiro atoms. The minimum absolute atomic E-state index is 0.236. The second kappa shape index (κ2) is 8.70. The van der Waals surface area contributed by atoms with Crippen LogP contribution in [-0.4, -0.2) is 48.5 Å². The lowest BCUT2D eigenvalue weighted by Crippen LogP contribution is -2.45. The molecule has 0 bridgehead atoms. The first-order valence-corrected chi connectivity index (χ1v) is 9.88. The van der Waals surface area contributed by atoms with E-state index in [1.54, 1.807) is 0 Å². The van der Waals surface area contributed by atoms with Gasteiger partial charge in [0.05, 0.1) is 6.61 Å². The van der Waals surface area contributed by atoms with Crippen molar-refractivity contribution >= 4 is 5.91 Å². The lowest BCUT2D eigenvalue weighted by Gasteiger charge is -2.36. The fourth-order valence-electron chi connectivity index (χ4n) is 3.98. The molecule has 0 aliphatic carbocycles. The van der Waals surface area contributed by atoms with Crippen molar-refractivity contribution in [3.8, 4) is 5.75 Å². The van der Waals surface area contributed by atoms with Gasteiger partial charge in [-0.25, -0.2) is 0 Å². The van der Waals surface area contributed by atoms with Crippen molar-refractivity contribution in [2.45, 2.75) is 46.1 Å². The summed E-state index contributed by atoms with van der Waals surface area (Å²) in [5.74, 6) is 2.37. The maximum atomic E-state index is 12.7. The molecule has 4 heteroatoms. The maximum Gasteiger partial charge on any atom is 0.225 e. The van der Waals surface area contributed by atoms with E-state index in [2.05, 4.69) is 34.9 Å². The van der Waals surface area contributed by atoms with Gasteiger partial charge in [0.1, 0.15) is 5.75 Å². The van der Waals surface area contributed by atoms with Gasteiger partial charge >= 0.3 is 0 Å². The Morgan fingerprint density at radius 2 is 1.84 bits per heavy atom. The number of carbonyl (C=O) groups excluding carboxylic acids is 1. The van der Waals surface area contributed by atoms with Crippen LogP contribution >= 0.6 is 0 Å². The fourth-order valence-corrected chi connectivity index (χ4v) is 3.98. The number of likely N-dealkylation sites (tertiary alicyclic amines) is 2. The second-order valence-corrected chi connectivity index (χ2v) is 7.64. The van der Waals surface area contributed by atoms with E-state index in [-0.39, 0.29) is 5.92 Å². The first kappa shape index (κ1) is 18.2. The SMILES string of the molecule is CCOc1cccc(CN2CCC(C(=O)N3CCC(C)CC3)CC2)c1. The Morgan fingerprint density at radius 3 is 2.52 bits per heavy atom. The van der Waals surface area contributed by atoms with Gasteiger partial charge < -0.3 is 9.64 Å². The van der Waals surface area contributed by atoms with E-state index in [1.807, 2.05) is 13.0 Å². The third kappa shape index (κ3) is 4.97. The van der Waals surface area contributed by atoms with Crippen LogP contribution in [0.1, 0.15) is 45.1 Å². The van der Waals surface area contributed by atoms with E-state index < -0.39 is 0 Å². The highest BCUT2D eigenvalue weighted by molar-refractivity contribution is 5.79. The summed E-state index contributed by atoms with van der Waals surface area (Å²) < 4.78 is 5.59. The molecule has 1 aromatic rings. The monoisotopic (exact) mass is 344 g/mol. The molecule has 2 aliphatic rings. The number of hydrogen-bond acceptors (Lipinski definition) is 3. The Hall–Kier alpha value is -1.55. The smallest absolute Gasteiger partial charge is 0.225 e. The van der Waals surface area contributed by atoms with Crippen LogP contribution in [0.15, 0.2) is 24.3 Å². The van der Waals surface area contributed by atoms with Gasteiger partial charge in [0, 0.05) is 25.6 Å². The molecule has 0 radical (unpaired) electrons. The molecule has 2 heterocycles. The quantitative estimate of drug-likeness (QED) is 0.819. The van der Waals surface area contributed by atoms with E-state index in [4.69, 9.17) is 4.74 Å². The lowest BCUT2D eigenvalue weighted by molar-refractivity contribution is -0.138. The number of rotatable bonds is 5. The number of carbonyl (C=O) groups is 1. The van der Waals surface area contributed by atoms with Crippen LogP contribution in [0, 0.1) is 11.8 Å². The predicted octanol–water partition coefficient (Wildman–Crippen LogP) is 3.56. The number of hydrogen-bond donors (Lipinski definition) is 0. The van der Waals surface area contributed by atoms with Crippen molar-refractivity contribution in [2.75, 3.05) is 32.8 Å². The van der Waals surface area contributed by atoms with E-state index in [0.29, 0.717) is 12.5 Å². The summed E-state index contributed by atoms with van der Waals surface area (Å²) in [5.41, 5.74) is 1.29. The zero-order valence-corrected chi connectivity index (χ0v) is 15.7. The molecule has 0 aromatic heterocycles. The summed E-state index contributed by atoms with van der Waals surface area (Å²) in [5, 5.41) is 0. The predicted molar refractivity (Wildman–Crippen MR) is 101 cm³/mol. The molecule has 3 rings (SSSR count). The van der Waals surface area contributed by atoms with Crippen LogP contribution in [0.5, 0.6) is 5.75 Å². The second-order valence-electron chi connectivity index (χ2n) is 7.64. The highest BCUT2D eigenvalue weighted by Gasteiger charge is 2.30. The summed E-state index contributed by atoms with van der Waals surface area (Å²) >= 11 is 0. The van der Waals surface area contributed by atoms with Crippen molar-refractivity contribution in [3.05, 3.63) is 29.8 Å². The van der Waals surface area contributed by atoms with Gasteiger partial charge in [-0.05, 0) is 69.3 Å². The van der Waals surface area contributed by atoms with Gasteiger partial charge in [-0.2, -0.15) is 0 Å². The van der Waals surface area contributed by atoms with E-state index in [1.165, 1.54) is 18.4 Å². The Kier molecular flexibility index (Phi) is 6.35. The summed E-state index contributed by atoms with van der Waals surface area (Å²) in [6.07, 6.45) is 4.33. The highest BCUT2D eigenvalue weighted by atomic mass is 16.5. The zero-order chi connectivity index (χ0) is 17.6. The number of amides is 1. The normalized spacial score (nSPS) is 20.6. The van der Waals surface area contributed by atoms with Crippen molar-refractivity contribution in [1.29, 1.82) is 0 Å². The van der Waals surface area contributed by atoms with Gasteiger partial charge in [-0.3, -0.25) is 9.69 Å². The molecule has 0 N–H and O–H groups in total. The van der Waals surface area contributed by atoms with Crippen LogP contribution in [0.3, 0.4) is 0 Å². The van der Waals surface area contributed by atoms with Crippen LogP contribution < -0.4 is 4.74 Å². The molecular formula is C21H32N2O2. The molecule has 4 nitrogen and oxygen atoms in total. The molecule has 0 saturated carbocycles. The molecule has 2 fully saturated rings. The molecule has 2 aliphatic heterocycles. The summed E-state index contributed by atoms with van der Waals surface area (Å²) in [4.78, 5) is 17.3. The van der Waals surface area contributed by atoms with Crippen LogP contribution in [0.25, 0.3) is 0 Å². The van der Waals surface area contributed by atoms with Crippen LogP contribution in [0.2, 0.25) is 0 Å². The molecule has 0 atom stereocenters. The van der Waals surface area contributed by atoms with E-state index in [0.717, 1.165) is 57.2 Å². The van der Waals surface area contributed by atoms with Gasteiger partial charge in [0.2, 0.25) is 5.91 Å². The summed E-state index contributed by atoms with van der Waals surface area (Å²) in [7, 11) is 0. The fraction of sp³-hybridized carbons (Fsp3) is 0.667. The van der Waals surface area contributed by atoms with Gasteiger partial charge in [-0.1, -0.05) is 19.1 Å². The third-order valence-electron chi connectivity index (χ3n) is 5.65. The topological polar surface area (TPSA) is 32.8 Å². The van der Waals surface area contributed by atoms with Crippen molar-refractivity contribution in [2.24, 2.45) is 11.8 Å². The van der Waals surface area contributed by atoms with Crippen LogP contribution in [-0.2, 0) is 11.3 Å². The highest BCUT2D eigenvalue weighted by Crippen LogP contribution is 2.25. The summed E-state index contributed by atoms with van der Waals surface area (Å²) in [6, 6.07) is 8.37. The minimum Gasteiger partial charge on any atom is -0.494 e. The lowest BCUT2D eigenvalue weighted by atomic mass is 9.92. The standard InChI is InChI=1S/C21H32N2O2/c1-3-25-20-6-4-5-18(15-20)16-22-11-9-19(10-12-22)21(24)23-13-7-17(2)8-14-23/h4-6,15,17,19H,3,7-14,16H2,1-2H3. The number of benzene rings is 1. The average molecular weight is 344 g/mol. The van der Waals surface area contributed by atoms with Gasteiger partial charge in [0.25, 0.3) is 0 Å². The van der Waals surface area contributed by atoms with Gasteiger partial charge in [0.15, 0.2) is 0 Å². The van der Waals surface area contributed by atoms with E-state index in [9.17, 15) is 4.79 Å². The third-order valence-corrected chi connectivity index (χ3v) is 5.65. The first-order chi connectivity index (χ1) is 12.2. The molecular weight excluding hydrogens is 312 g/mol. The maximum absolute atomic E-state index is 12.7. The van der Waals surface area contributed by atoms with Crippen molar-refractivity contribution < 1.29 is 9.53 Å². The zero-order valence-electron chi connectivity index (χ0n) is 15.7. The summed E-state index contributed by atoms with van der Waals surface area (Å²) in [6.45, 7) is 9.90. The van der Waals surface area contributed by atoms with Crippen molar-refractivity contribution in [1.82, 2.24) is 9.80 Å². The van der Waals surface area contributed by atoms with Crippen LogP contribution in [0.4, 0.5) is 0 Å². The van der Waals surface area contributed by atoms with Gasteiger partial charge in [-0.15, -0.1) is 0 Å². The molecule has 1 aromatic carbocycles. The minimum atomic E-state index is 0.236. The number of piperidine rings is 2. The average Bonchev–Trinajstić information content (AvgIpc) is 2.63. The Bertz CT molecular complexity index is 559. The number of nitrogens with zero attached hydrogens (tertiary/aromatic N) is 2. The largest absolute Gasteiger partial charge is 0.494 e. The molecule has 2 saturated heterocycles. The van der Waals surface area contributed by atoms with Crippen molar-refractivity contribution in [3.63, 3.8) is 0 Å². The van der Waals surface area contributed by atoms with E-state index >= 15 is 0 Å².